The van der Waals surface area contributed by atoms with Gasteiger partial charge in [-0.1, -0.05) is 12.6 Å². The molecule has 0 aromatic heterocycles. The van der Waals surface area contributed by atoms with Crippen molar-refractivity contribution >= 4 is 29.2 Å². The van der Waals surface area contributed by atoms with Gasteiger partial charge in [0, 0.05) is 0 Å². The van der Waals surface area contributed by atoms with Gasteiger partial charge in [-0.25, -0.2) is 0 Å². The summed E-state index contributed by atoms with van der Waals surface area (Å²) in [5.74, 6) is 0. The van der Waals surface area contributed by atoms with Crippen LogP contribution in [-0.2, 0) is 4.74 Å². The first-order valence-corrected chi connectivity index (χ1v) is 2.59. The van der Waals surface area contributed by atoms with Crippen molar-refractivity contribution in [3.63, 3.8) is 0 Å². The molecule has 7 heavy (non-hydrogen) atoms. The number of rotatable bonds is 2. The van der Waals surface area contributed by atoms with Crippen LogP contribution in [0.3, 0.4) is 0 Å². The molecule has 0 rings (SSSR count). The first-order chi connectivity index (χ1) is 3.27. The van der Waals surface area contributed by atoms with Gasteiger partial charge >= 0.3 is 0 Å². The van der Waals surface area contributed by atoms with E-state index in [1.165, 1.54) is 0 Å². The zero-order valence-corrected chi connectivity index (χ0v) is 5.34. The first-order valence-electron chi connectivity index (χ1n) is 1.74. The van der Waals surface area contributed by atoms with E-state index in [0.717, 1.165) is 0 Å². The fourth-order valence-electron chi connectivity index (χ4n) is 0.133. The minimum absolute atomic E-state index is 0.0132. The zero-order valence-electron chi connectivity index (χ0n) is 3.63. The Balaban J connectivity index is 2.82. The summed E-state index contributed by atoms with van der Waals surface area (Å²) in [6, 6.07) is 0. The van der Waals surface area contributed by atoms with Gasteiger partial charge in [0.1, 0.15) is 6.61 Å². The van der Waals surface area contributed by atoms with E-state index in [-0.39, 0.29) is 17.6 Å². The quantitative estimate of drug-likeness (QED) is 0.422. The van der Waals surface area contributed by atoms with Crippen molar-refractivity contribution in [1.82, 2.24) is 0 Å². The predicted molar refractivity (Wildman–Crippen MR) is 34.6 cm³/mol. The normalized spacial score (nSPS) is 8.29. The van der Waals surface area contributed by atoms with E-state index in [1.54, 1.807) is 0 Å². The molecule has 0 aliphatic carbocycles. The molecule has 42 valence electrons. The third kappa shape index (κ3) is 6.20. The molecule has 0 fully saturated rings. The lowest BCUT2D eigenvalue weighted by atomic mass is 10.8. The second-order valence-electron chi connectivity index (χ2n) is 0.838. The van der Waals surface area contributed by atoms with Crippen LogP contribution in [0.25, 0.3) is 0 Å². The molecule has 0 aliphatic rings. The third-order valence-corrected chi connectivity index (χ3v) is 0.564. The molecule has 0 aliphatic heterocycles. The van der Waals surface area contributed by atoms with Crippen molar-refractivity contribution in [2.75, 3.05) is 13.2 Å². The minimum Gasteiger partial charge on any atom is -0.476 e. The molecule has 4 heteroatoms. The van der Waals surface area contributed by atoms with Crippen LogP contribution in [0.5, 0.6) is 0 Å². The Morgan fingerprint density at radius 3 is 2.57 bits per heavy atom. The van der Waals surface area contributed by atoms with Crippen molar-refractivity contribution in [3.8, 4) is 0 Å². The summed E-state index contributed by atoms with van der Waals surface area (Å²) in [6.45, 7) is 0.225. The maximum Gasteiger partial charge on any atom is 0.216 e. The molecule has 1 N–H and O–H groups in total. The van der Waals surface area contributed by atoms with Gasteiger partial charge in [-0.05, 0) is 12.2 Å². The topological polar surface area (TPSA) is 29.5 Å². The highest BCUT2D eigenvalue weighted by atomic mass is 32.1. The van der Waals surface area contributed by atoms with Crippen LogP contribution < -0.4 is 0 Å². The van der Waals surface area contributed by atoms with E-state index in [9.17, 15) is 0 Å². The van der Waals surface area contributed by atoms with Gasteiger partial charge in [-0.2, -0.15) is 0 Å². The molecule has 0 heterocycles. The van der Waals surface area contributed by atoms with Crippen molar-refractivity contribution in [1.29, 1.82) is 0 Å². The number of aliphatic hydroxyl groups is 1. The number of hydrogen-bond acceptors (Lipinski definition) is 3. The van der Waals surface area contributed by atoms with Crippen LogP contribution in [0, 0.1) is 0 Å². The lowest BCUT2D eigenvalue weighted by molar-refractivity contribution is 0.201. The molecule has 0 amide bonds. The van der Waals surface area contributed by atoms with E-state index in [1.807, 2.05) is 0 Å². The Kier molecular flexibility index (Phi) is 4.49. The van der Waals surface area contributed by atoms with Crippen LogP contribution in [0.2, 0.25) is 0 Å². The van der Waals surface area contributed by atoms with Gasteiger partial charge in [-0.15, -0.1) is 0 Å². The standard InChI is InChI=1S/C3H6O2S2/c4-1-2-5-3(6)7/h4H,1-2H2,(H,6,7). The number of hydrogen-bond donors (Lipinski definition) is 2. The average molecular weight is 138 g/mol. The van der Waals surface area contributed by atoms with Crippen LogP contribution in [0.15, 0.2) is 0 Å². The average Bonchev–Trinajstić information content (AvgIpc) is 1.61. The predicted octanol–water partition coefficient (Wildman–Crippen LogP) is 0.210. The van der Waals surface area contributed by atoms with Gasteiger partial charge in [0.25, 0.3) is 0 Å². The highest BCUT2D eigenvalue weighted by Gasteiger charge is 1.83. The minimum atomic E-state index is -0.0132. The summed E-state index contributed by atoms with van der Waals surface area (Å²) in [5, 5.41) is 8.10. The van der Waals surface area contributed by atoms with Crippen LogP contribution >= 0.6 is 24.8 Å². The molecule has 0 radical (unpaired) electrons. The van der Waals surface area contributed by atoms with E-state index < -0.39 is 0 Å². The summed E-state index contributed by atoms with van der Waals surface area (Å²) in [6.07, 6.45) is 0. The second kappa shape index (κ2) is 4.36. The van der Waals surface area contributed by atoms with Crippen molar-refractivity contribution in [3.05, 3.63) is 0 Å². The largest absolute Gasteiger partial charge is 0.476 e. The van der Waals surface area contributed by atoms with Crippen molar-refractivity contribution in [2.45, 2.75) is 0 Å². The molecule has 0 spiro atoms. The van der Waals surface area contributed by atoms with E-state index in [4.69, 9.17) is 5.11 Å². The number of ether oxygens (including phenoxy) is 1. The smallest absolute Gasteiger partial charge is 0.216 e. The maximum atomic E-state index is 8.10. The zero-order chi connectivity index (χ0) is 5.70. The van der Waals surface area contributed by atoms with Gasteiger partial charge in [-0.3, -0.25) is 0 Å². The van der Waals surface area contributed by atoms with Gasteiger partial charge in [0.15, 0.2) is 0 Å². The molecule has 0 bridgehead atoms. The molecular weight excluding hydrogens is 132 g/mol. The van der Waals surface area contributed by atoms with E-state index in [0.29, 0.717) is 0 Å². The monoisotopic (exact) mass is 138 g/mol. The van der Waals surface area contributed by atoms with Crippen LogP contribution in [0.1, 0.15) is 0 Å². The van der Waals surface area contributed by atoms with Crippen molar-refractivity contribution < 1.29 is 9.84 Å². The summed E-state index contributed by atoms with van der Waals surface area (Å²) in [4.78, 5) is 0. The molecule has 2 nitrogen and oxygen atoms in total. The second-order valence-corrected chi connectivity index (χ2v) is 1.92. The molecule has 0 unspecified atom stereocenters. The highest BCUT2D eigenvalue weighted by Crippen LogP contribution is 1.84. The van der Waals surface area contributed by atoms with Gasteiger partial charge in [0.05, 0.1) is 6.61 Å². The Morgan fingerprint density at radius 1 is 1.86 bits per heavy atom. The summed E-state index contributed by atoms with van der Waals surface area (Å²) in [5.41, 5.74) is 0. The van der Waals surface area contributed by atoms with Gasteiger partial charge < -0.3 is 9.84 Å². The highest BCUT2D eigenvalue weighted by molar-refractivity contribution is 8.10. The van der Waals surface area contributed by atoms with E-state index >= 15 is 0 Å². The van der Waals surface area contributed by atoms with E-state index in [2.05, 4.69) is 29.6 Å². The summed E-state index contributed by atoms with van der Waals surface area (Å²) >= 11 is 8.02. The van der Waals surface area contributed by atoms with Crippen LogP contribution in [-0.4, -0.2) is 22.7 Å². The SMILES string of the molecule is OCCOC(=S)S. The fraction of sp³-hybridized carbons (Fsp3) is 0.667. The Morgan fingerprint density at radius 2 is 2.43 bits per heavy atom. The summed E-state index contributed by atoms with van der Waals surface area (Å²) in [7, 11) is 0. The molecular formula is C3H6O2S2. The third-order valence-electron chi connectivity index (χ3n) is 0.317. The van der Waals surface area contributed by atoms with Gasteiger partial charge in [0.2, 0.25) is 4.38 Å². The lowest BCUT2D eigenvalue weighted by Crippen LogP contribution is -1.99. The number of thiocarbonyl (C=S) groups is 1. The first kappa shape index (κ1) is 7.20. The molecule has 0 aromatic rings. The summed E-state index contributed by atoms with van der Waals surface area (Å²) < 4.78 is 4.71. The number of thiol groups is 1. The lowest BCUT2D eigenvalue weighted by Gasteiger charge is -1.95. The molecule has 0 atom stereocenters. The Hall–Kier alpha value is 0.200. The Bertz CT molecular complexity index is 64.0. The van der Waals surface area contributed by atoms with Crippen molar-refractivity contribution in [2.24, 2.45) is 0 Å². The molecule has 0 aromatic carbocycles. The van der Waals surface area contributed by atoms with Crippen LogP contribution in [0.4, 0.5) is 0 Å². The Labute approximate surface area is 52.9 Å². The molecule has 0 saturated heterocycles. The molecule has 0 saturated carbocycles. The fourth-order valence-corrected chi connectivity index (χ4v) is 0.308. The number of aliphatic hydroxyl groups excluding tert-OH is 1. The maximum absolute atomic E-state index is 8.10.